The van der Waals surface area contributed by atoms with E-state index in [4.69, 9.17) is 18.0 Å². The summed E-state index contributed by atoms with van der Waals surface area (Å²) < 4.78 is 0. The summed E-state index contributed by atoms with van der Waals surface area (Å²) in [5.41, 5.74) is 6.24. The molecule has 1 amide bonds. The summed E-state index contributed by atoms with van der Waals surface area (Å²) in [5, 5.41) is 0. The van der Waals surface area contributed by atoms with Crippen LogP contribution in [0.4, 0.5) is 0 Å². The minimum absolute atomic E-state index is 0.0600. The van der Waals surface area contributed by atoms with Crippen LogP contribution in [0.3, 0.4) is 0 Å². The van der Waals surface area contributed by atoms with E-state index < -0.39 is 0 Å². The zero-order chi connectivity index (χ0) is 13.0. The quantitative estimate of drug-likeness (QED) is 0.671. The number of carbonyl (C=O) groups excluding carboxylic acids is 1. The highest BCUT2D eigenvalue weighted by atomic mass is 32.2. The first-order valence-electron chi connectivity index (χ1n) is 5.18. The molecule has 0 aliphatic heterocycles. The molecule has 0 aromatic heterocycles. The lowest BCUT2D eigenvalue weighted by Gasteiger charge is -2.24. The van der Waals surface area contributed by atoms with Gasteiger partial charge < -0.3 is 10.6 Å². The Morgan fingerprint density at radius 3 is 2.59 bits per heavy atom. The van der Waals surface area contributed by atoms with E-state index in [0.29, 0.717) is 10.6 Å². The molecule has 1 aromatic rings. The molecule has 1 rings (SSSR count). The first-order chi connectivity index (χ1) is 7.99. The molecule has 2 N–H and O–H groups in total. The van der Waals surface area contributed by atoms with Gasteiger partial charge in [0.1, 0.15) is 0 Å². The number of rotatable bonds is 4. The van der Waals surface area contributed by atoms with Crippen molar-refractivity contribution in [2.45, 2.75) is 17.9 Å². The third-order valence-corrected chi connectivity index (χ3v) is 3.79. The normalized spacial score (nSPS) is 11.9. The number of amides is 1. The van der Waals surface area contributed by atoms with Crippen molar-refractivity contribution in [2.24, 2.45) is 5.73 Å². The molecule has 92 valence electrons. The van der Waals surface area contributed by atoms with Crippen LogP contribution >= 0.6 is 24.0 Å². The number of carbonyl (C=O) groups is 1. The van der Waals surface area contributed by atoms with E-state index in [1.807, 2.05) is 37.4 Å². The second-order valence-electron chi connectivity index (χ2n) is 3.69. The molecule has 0 aliphatic carbocycles. The van der Waals surface area contributed by atoms with Crippen molar-refractivity contribution in [3.63, 3.8) is 0 Å². The molecule has 0 heterocycles. The van der Waals surface area contributed by atoms with Crippen LogP contribution in [0.2, 0.25) is 0 Å². The fourth-order valence-electron chi connectivity index (χ4n) is 1.38. The number of likely N-dealkylation sites (N-methyl/N-ethyl adjacent to an activating group) is 1. The number of nitrogens with two attached hydrogens (primary N) is 1. The van der Waals surface area contributed by atoms with Crippen LogP contribution in [0.1, 0.15) is 17.3 Å². The van der Waals surface area contributed by atoms with E-state index in [-0.39, 0.29) is 11.9 Å². The summed E-state index contributed by atoms with van der Waals surface area (Å²) >= 11 is 6.45. The van der Waals surface area contributed by atoms with Crippen LogP contribution in [-0.2, 0) is 0 Å². The van der Waals surface area contributed by atoms with Crippen LogP contribution < -0.4 is 5.73 Å². The van der Waals surface area contributed by atoms with Crippen LogP contribution in [0, 0.1) is 0 Å². The number of benzene rings is 1. The number of hydrogen-bond donors (Lipinski definition) is 1. The molecular formula is C12H16N2OS2. The third kappa shape index (κ3) is 3.20. The van der Waals surface area contributed by atoms with Gasteiger partial charge in [-0.3, -0.25) is 4.79 Å². The first kappa shape index (κ1) is 14.0. The summed E-state index contributed by atoms with van der Waals surface area (Å²) in [6.07, 6.45) is 1.95. The van der Waals surface area contributed by atoms with Crippen molar-refractivity contribution in [2.75, 3.05) is 13.3 Å². The van der Waals surface area contributed by atoms with Gasteiger partial charge >= 0.3 is 0 Å². The van der Waals surface area contributed by atoms with Gasteiger partial charge in [-0.2, -0.15) is 0 Å². The van der Waals surface area contributed by atoms with E-state index in [2.05, 4.69) is 0 Å². The van der Waals surface area contributed by atoms with Gasteiger partial charge in [0.05, 0.1) is 16.6 Å². The van der Waals surface area contributed by atoms with Gasteiger partial charge in [0.2, 0.25) is 0 Å². The average molecular weight is 268 g/mol. The van der Waals surface area contributed by atoms with E-state index in [1.165, 1.54) is 0 Å². The Morgan fingerprint density at radius 2 is 2.06 bits per heavy atom. The predicted octanol–water partition coefficient (Wildman–Crippen LogP) is 2.16. The Hall–Kier alpha value is -1.07. The summed E-state index contributed by atoms with van der Waals surface area (Å²) in [7, 11) is 1.71. The van der Waals surface area contributed by atoms with E-state index in [1.54, 1.807) is 23.7 Å². The summed E-state index contributed by atoms with van der Waals surface area (Å²) in [6.45, 7) is 1.82. The minimum atomic E-state index is -0.243. The SMILES string of the molecule is CSc1ccccc1C(=O)N(C)C(C)C(N)=S. The van der Waals surface area contributed by atoms with E-state index in [9.17, 15) is 4.79 Å². The molecule has 0 aliphatic rings. The summed E-state index contributed by atoms with van der Waals surface area (Å²) in [6, 6.07) is 7.27. The molecule has 0 saturated heterocycles. The van der Waals surface area contributed by atoms with Gasteiger partial charge in [-0.25, -0.2) is 0 Å². The van der Waals surface area contributed by atoms with Crippen molar-refractivity contribution < 1.29 is 4.79 Å². The maximum atomic E-state index is 12.3. The van der Waals surface area contributed by atoms with Crippen molar-refractivity contribution in [1.29, 1.82) is 0 Å². The van der Waals surface area contributed by atoms with Gasteiger partial charge in [-0.1, -0.05) is 24.4 Å². The summed E-state index contributed by atoms with van der Waals surface area (Å²) in [4.78, 5) is 15.1. The van der Waals surface area contributed by atoms with Crippen molar-refractivity contribution in [3.05, 3.63) is 29.8 Å². The van der Waals surface area contributed by atoms with E-state index >= 15 is 0 Å². The largest absolute Gasteiger partial charge is 0.392 e. The second-order valence-corrected chi connectivity index (χ2v) is 5.01. The zero-order valence-electron chi connectivity index (χ0n) is 10.1. The van der Waals surface area contributed by atoms with Gasteiger partial charge in [-0.15, -0.1) is 11.8 Å². The van der Waals surface area contributed by atoms with E-state index in [0.717, 1.165) is 4.90 Å². The zero-order valence-corrected chi connectivity index (χ0v) is 11.8. The Morgan fingerprint density at radius 1 is 1.47 bits per heavy atom. The van der Waals surface area contributed by atoms with Crippen LogP contribution in [0.15, 0.2) is 29.2 Å². The Bertz CT molecular complexity index is 434. The van der Waals surface area contributed by atoms with Crippen LogP contribution in [0.25, 0.3) is 0 Å². The molecule has 1 aromatic carbocycles. The molecule has 0 saturated carbocycles. The fraction of sp³-hybridized carbons (Fsp3) is 0.333. The Kier molecular flexibility index (Phi) is 4.96. The molecule has 1 atom stereocenters. The topological polar surface area (TPSA) is 46.3 Å². The molecule has 3 nitrogen and oxygen atoms in total. The predicted molar refractivity (Wildman–Crippen MR) is 76.6 cm³/mol. The van der Waals surface area contributed by atoms with Gasteiger partial charge in [0, 0.05) is 11.9 Å². The maximum Gasteiger partial charge on any atom is 0.255 e. The molecule has 5 heteroatoms. The number of thioether (sulfide) groups is 1. The van der Waals surface area contributed by atoms with Gasteiger partial charge in [-0.05, 0) is 25.3 Å². The smallest absolute Gasteiger partial charge is 0.255 e. The molecule has 1 unspecified atom stereocenters. The highest BCUT2D eigenvalue weighted by Crippen LogP contribution is 2.21. The molecule has 0 radical (unpaired) electrons. The fourth-order valence-corrected chi connectivity index (χ4v) is 2.13. The van der Waals surface area contributed by atoms with Crippen LogP contribution in [-0.4, -0.2) is 35.1 Å². The molecule has 0 fully saturated rings. The lowest BCUT2D eigenvalue weighted by molar-refractivity contribution is 0.0775. The Balaban J connectivity index is 3.00. The number of nitrogens with zero attached hydrogens (tertiary/aromatic N) is 1. The molecule has 17 heavy (non-hydrogen) atoms. The monoisotopic (exact) mass is 268 g/mol. The molecular weight excluding hydrogens is 252 g/mol. The second kappa shape index (κ2) is 6.02. The van der Waals surface area contributed by atoms with Crippen molar-refractivity contribution in [1.82, 2.24) is 4.90 Å². The molecule has 0 bridgehead atoms. The lowest BCUT2D eigenvalue weighted by Crippen LogP contribution is -2.42. The molecule has 0 spiro atoms. The highest BCUT2D eigenvalue weighted by Gasteiger charge is 2.20. The minimum Gasteiger partial charge on any atom is -0.392 e. The van der Waals surface area contributed by atoms with Gasteiger partial charge in [0.15, 0.2) is 0 Å². The maximum absolute atomic E-state index is 12.3. The van der Waals surface area contributed by atoms with Crippen LogP contribution in [0.5, 0.6) is 0 Å². The third-order valence-electron chi connectivity index (χ3n) is 2.65. The number of thiocarbonyl (C=S) groups is 1. The van der Waals surface area contributed by atoms with Crippen molar-refractivity contribution in [3.8, 4) is 0 Å². The highest BCUT2D eigenvalue weighted by molar-refractivity contribution is 7.98. The number of hydrogen-bond acceptors (Lipinski definition) is 3. The van der Waals surface area contributed by atoms with Gasteiger partial charge in [0.25, 0.3) is 5.91 Å². The van der Waals surface area contributed by atoms with Crippen molar-refractivity contribution >= 4 is 34.9 Å². The average Bonchev–Trinajstić information content (AvgIpc) is 2.35. The standard InChI is InChI=1S/C12H16N2OS2/c1-8(11(13)16)14(2)12(15)9-6-4-5-7-10(9)17-3/h4-8H,1-3H3,(H2,13,16). The Labute approximate surface area is 111 Å². The summed E-state index contributed by atoms with van der Waals surface area (Å²) in [5.74, 6) is -0.0600. The lowest BCUT2D eigenvalue weighted by atomic mass is 10.1. The first-order valence-corrected chi connectivity index (χ1v) is 6.81.